The van der Waals surface area contributed by atoms with Crippen LogP contribution in [0.1, 0.15) is 31.7 Å². The number of hydrogen-bond acceptors (Lipinski definition) is 4. The second kappa shape index (κ2) is 10.7. The molecule has 2 amide bonds. The number of likely N-dealkylation sites (tertiary alicyclic amines) is 1. The number of piperidine rings is 1. The highest BCUT2D eigenvalue weighted by Gasteiger charge is 2.30. The van der Waals surface area contributed by atoms with Crippen LogP contribution in [0, 0.1) is 0 Å². The summed E-state index contributed by atoms with van der Waals surface area (Å²) < 4.78 is 38.2. The van der Waals surface area contributed by atoms with Crippen LogP contribution in [0.2, 0.25) is 0 Å². The van der Waals surface area contributed by atoms with Crippen molar-refractivity contribution in [1.82, 2.24) is 15.5 Å². The summed E-state index contributed by atoms with van der Waals surface area (Å²) in [5.74, 6) is -0.107. The number of halogens is 3. The lowest BCUT2D eigenvalue weighted by Crippen LogP contribution is -2.47. The molecule has 0 unspecified atom stereocenters. The van der Waals surface area contributed by atoms with Crippen LogP contribution in [-0.2, 0) is 15.8 Å². The molecule has 9 heteroatoms. The third-order valence-corrected chi connectivity index (χ3v) is 5.42. The molecule has 1 aromatic carbocycles. The predicted molar refractivity (Wildman–Crippen MR) is 103 cm³/mol. The van der Waals surface area contributed by atoms with E-state index in [1.54, 1.807) is 6.07 Å². The van der Waals surface area contributed by atoms with Crippen molar-refractivity contribution >= 4 is 23.6 Å². The lowest BCUT2D eigenvalue weighted by molar-refractivity contribution is -0.137. The fourth-order valence-electron chi connectivity index (χ4n) is 2.94. The minimum absolute atomic E-state index is 0.0156. The van der Waals surface area contributed by atoms with Crippen molar-refractivity contribution in [2.75, 3.05) is 31.9 Å². The van der Waals surface area contributed by atoms with Gasteiger partial charge < -0.3 is 10.6 Å². The Kier molecular flexibility index (Phi) is 8.62. The fraction of sp³-hybridized carbons (Fsp3) is 0.579. The number of amides is 2. The van der Waals surface area contributed by atoms with Gasteiger partial charge in [0.05, 0.1) is 17.9 Å². The number of thioether (sulfide) groups is 1. The third kappa shape index (κ3) is 7.71. The molecular weight excluding hydrogens is 391 g/mol. The third-order valence-electron chi connectivity index (χ3n) is 4.42. The van der Waals surface area contributed by atoms with Gasteiger partial charge in [0, 0.05) is 30.6 Å². The van der Waals surface area contributed by atoms with E-state index in [0.717, 1.165) is 56.2 Å². The van der Waals surface area contributed by atoms with Gasteiger partial charge in [0.15, 0.2) is 0 Å². The number of benzene rings is 1. The van der Waals surface area contributed by atoms with Crippen molar-refractivity contribution in [2.24, 2.45) is 0 Å². The molecule has 5 nitrogen and oxygen atoms in total. The van der Waals surface area contributed by atoms with Crippen molar-refractivity contribution in [3.8, 4) is 0 Å². The molecule has 1 aromatic rings. The minimum Gasteiger partial charge on any atom is -0.355 e. The zero-order chi connectivity index (χ0) is 20.6. The van der Waals surface area contributed by atoms with Gasteiger partial charge in [-0.05, 0) is 37.5 Å². The molecule has 1 fully saturated rings. The van der Waals surface area contributed by atoms with Gasteiger partial charge in [-0.1, -0.05) is 13.0 Å². The zero-order valence-electron chi connectivity index (χ0n) is 15.8. The molecule has 1 aliphatic rings. The lowest BCUT2D eigenvalue weighted by atomic mass is 10.1. The molecule has 0 aliphatic carbocycles. The summed E-state index contributed by atoms with van der Waals surface area (Å²) in [7, 11) is 0. The van der Waals surface area contributed by atoms with Crippen LogP contribution in [-0.4, -0.2) is 54.7 Å². The van der Waals surface area contributed by atoms with Crippen molar-refractivity contribution in [3.63, 3.8) is 0 Å². The predicted octanol–water partition coefficient (Wildman–Crippen LogP) is 2.90. The number of carbonyl (C=O) groups excluding carboxylic acids is 2. The molecule has 1 aliphatic heterocycles. The van der Waals surface area contributed by atoms with E-state index in [2.05, 4.69) is 15.5 Å². The van der Waals surface area contributed by atoms with Crippen LogP contribution >= 0.6 is 11.8 Å². The SMILES string of the molecule is CCCNC(=O)CN1CCC(NC(=O)CSc2cccc(C(F)(F)F)c2)CC1. The van der Waals surface area contributed by atoms with E-state index < -0.39 is 11.7 Å². The van der Waals surface area contributed by atoms with Gasteiger partial charge in [0.2, 0.25) is 11.8 Å². The van der Waals surface area contributed by atoms with Crippen molar-refractivity contribution in [3.05, 3.63) is 29.8 Å². The largest absolute Gasteiger partial charge is 0.416 e. The quantitative estimate of drug-likeness (QED) is 0.639. The van der Waals surface area contributed by atoms with E-state index in [0.29, 0.717) is 18.0 Å². The van der Waals surface area contributed by atoms with E-state index in [9.17, 15) is 22.8 Å². The average molecular weight is 417 g/mol. The molecule has 28 heavy (non-hydrogen) atoms. The first kappa shape index (κ1) is 22.5. The summed E-state index contributed by atoms with van der Waals surface area (Å²) in [6.45, 7) is 4.50. The first-order chi connectivity index (χ1) is 13.3. The summed E-state index contributed by atoms with van der Waals surface area (Å²) in [5.41, 5.74) is -0.715. The summed E-state index contributed by atoms with van der Waals surface area (Å²) >= 11 is 1.09. The van der Waals surface area contributed by atoms with Gasteiger partial charge >= 0.3 is 6.18 Å². The molecule has 156 valence electrons. The number of carbonyl (C=O) groups is 2. The van der Waals surface area contributed by atoms with Crippen molar-refractivity contribution < 1.29 is 22.8 Å². The Hall–Kier alpha value is -1.74. The van der Waals surface area contributed by atoms with Gasteiger partial charge in [-0.3, -0.25) is 14.5 Å². The van der Waals surface area contributed by atoms with Crippen LogP contribution < -0.4 is 10.6 Å². The molecule has 0 spiro atoms. The smallest absolute Gasteiger partial charge is 0.355 e. The Balaban J connectivity index is 1.70. The van der Waals surface area contributed by atoms with Gasteiger partial charge in [-0.15, -0.1) is 11.8 Å². The van der Waals surface area contributed by atoms with E-state index in [1.807, 2.05) is 6.92 Å². The van der Waals surface area contributed by atoms with Gasteiger partial charge in [-0.25, -0.2) is 0 Å². The average Bonchev–Trinajstić information content (AvgIpc) is 2.66. The molecule has 0 bridgehead atoms. The van der Waals surface area contributed by atoms with Crippen molar-refractivity contribution in [2.45, 2.75) is 43.3 Å². The molecule has 0 radical (unpaired) electrons. The number of nitrogens with one attached hydrogen (secondary N) is 2. The monoisotopic (exact) mass is 417 g/mol. The topological polar surface area (TPSA) is 61.4 Å². The Morgan fingerprint density at radius 2 is 1.93 bits per heavy atom. The fourth-order valence-corrected chi connectivity index (χ4v) is 3.71. The maximum absolute atomic E-state index is 12.7. The second-order valence-electron chi connectivity index (χ2n) is 6.78. The van der Waals surface area contributed by atoms with E-state index in [1.165, 1.54) is 6.07 Å². The molecule has 2 rings (SSSR count). The first-order valence-electron chi connectivity index (χ1n) is 9.36. The minimum atomic E-state index is -4.39. The molecule has 1 heterocycles. The van der Waals surface area contributed by atoms with E-state index in [-0.39, 0.29) is 23.6 Å². The first-order valence-corrected chi connectivity index (χ1v) is 10.3. The lowest BCUT2D eigenvalue weighted by Gasteiger charge is -2.31. The number of rotatable bonds is 8. The molecule has 0 saturated carbocycles. The second-order valence-corrected chi connectivity index (χ2v) is 7.83. The normalized spacial score (nSPS) is 16.0. The van der Waals surface area contributed by atoms with Gasteiger partial charge in [0.1, 0.15) is 0 Å². The highest BCUT2D eigenvalue weighted by Crippen LogP contribution is 2.31. The molecule has 1 saturated heterocycles. The van der Waals surface area contributed by atoms with Crippen LogP contribution in [0.5, 0.6) is 0 Å². The molecule has 0 atom stereocenters. The highest BCUT2D eigenvalue weighted by atomic mass is 32.2. The van der Waals surface area contributed by atoms with Crippen molar-refractivity contribution in [1.29, 1.82) is 0 Å². The standard InChI is InChI=1S/C19H26F3N3O2S/c1-2-8-23-17(26)12-25-9-6-15(7-10-25)24-18(27)13-28-16-5-3-4-14(11-16)19(20,21)22/h3-5,11,15H,2,6-10,12-13H2,1H3,(H,23,26)(H,24,27). The summed E-state index contributed by atoms with van der Waals surface area (Å²) in [5, 5.41) is 5.78. The summed E-state index contributed by atoms with van der Waals surface area (Å²) in [4.78, 5) is 26.3. The van der Waals surface area contributed by atoms with Gasteiger partial charge in [0.25, 0.3) is 0 Å². The number of hydrogen-bond donors (Lipinski definition) is 2. The maximum Gasteiger partial charge on any atom is 0.416 e. The van der Waals surface area contributed by atoms with Crippen LogP contribution in [0.4, 0.5) is 13.2 Å². The molecule has 2 N–H and O–H groups in total. The Morgan fingerprint density at radius 1 is 1.21 bits per heavy atom. The molecule has 0 aromatic heterocycles. The van der Waals surface area contributed by atoms with Crippen LogP contribution in [0.15, 0.2) is 29.2 Å². The summed E-state index contributed by atoms with van der Waals surface area (Å²) in [6.07, 6.45) is -1.99. The van der Waals surface area contributed by atoms with Gasteiger partial charge in [-0.2, -0.15) is 13.2 Å². The maximum atomic E-state index is 12.7. The Labute approximate surface area is 167 Å². The Morgan fingerprint density at radius 3 is 2.57 bits per heavy atom. The van der Waals surface area contributed by atoms with E-state index >= 15 is 0 Å². The Bertz CT molecular complexity index is 662. The van der Waals surface area contributed by atoms with E-state index in [4.69, 9.17) is 0 Å². The van der Waals surface area contributed by atoms with Crippen LogP contribution in [0.3, 0.4) is 0 Å². The number of alkyl halides is 3. The highest BCUT2D eigenvalue weighted by molar-refractivity contribution is 8.00. The number of nitrogens with zero attached hydrogens (tertiary/aromatic N) is 1. The zero-order valence-corrected chi connectivity index (χ0v) is 16.7. The molecular formula is C19H26F3N3O2S. The van der Waals surface area contributed by atoms with Crippen LogP contribution in [0.25, 0.3) is 0 Å². The summed E-state index contributed by atoms with van der Waals surface area (Å²) in [6, 6.07) is 5.01.